The van der Waals surface area contributed by atoms with Crippen LogP contribution in [0.2, 0.25) is 0 Å². The summed E-state index contributed by atoms with van der Waals surface area (Å²) in [6.45, 7) is 6.64. The number of benzene rings is 1. The predicted octanol–water partition coefficient (Wildman–Crippen LogP) is 2.72. The van der Waals surface area contributed by atoms with Crippen molar-refractivity contribution in [1.29, 1.82) is 0 Å². The van der Waals surface area contributed by atoms with Gasteiger partial charge in [0.1, 0.15) is 0 Å². The lowest BCUT2D eigenvalue weighted by Gasteiger charge is -2.17. The molecule has 1 heterocycles. The van der Waals surface area contributed by atoms with Crippen molar-refractivity contribution in [1.82, 2.24) is 15.1 Å². The number of carbonyl (C=O) groups is 2. The fourth-order valence-electron chi connectivity index (χ4n) is 1.92. The summed E-state index contributed by atoms with van der Waals surface area (Å²) in [5, 5.41) is 15.8. The first-order valence-corrected chi connectivity index (χ1v) is 8.52. The molecule has 0 aliphatic rings. The Hall–Kier alpha value is -2.28. The van der Waals surface area contributed by atoms with E-state index in [1.807, 2.05) is 24.3 Å². The standard InChI is InChI=1S/C17H21N3O3S/c1-17(2,3)24-11-15(21)18-10-12-5-4-6-13(9-12)20-8-7-14(19-20)16(22)23/h4-9H,10-11H2,1-3H3,(H,18,21)(H,22,23). The van der Waals surface area contributed by atoms with Gasteiger partial charge < -0.3 is 10.4 Å². The molecule has 2 rings (SSSR count). The van der Waals surface area contributed by atoms with Gasteiger partial charge in [0.05, 0.1) is 11.4 Å². The summed E-state index contributed by atoms with van der Waals surface area (Å²) >= 11 is 1.60. The van der Waals surface area contributed by atoms with E-state index >= 15 is 0 Å². The van der Waals surface area contributed by atoms with E-state index in [4.69, 9.17) is 5.11 Å². The molecular formula is C17H21N3O3S. The molecule has 0 fully saturated rings. The normalized spacial score (nSPS) is 11.3. The van der Waals surface area contributed by atoms with Crippen molar-refractivity contribution in [2.45, 2.75) is 32.1 Å². The van der Waals surface area contributed by atoms with Crippen LogP contribution in [-0.4, -0.2) is 37.3 Å². The fraction of sp³-hybridized carbons (Fsp3) is 0.353. The minimum Gasteiger partial charge on any atom is -0.476 e. The highest BCUT2D eigenvalue weighted by Crippen LogP contribution is 2.22. The molecule has 6 nitrogen and oxygen atoms in total. The minimum atomic E-state index is -1.06. The first-order chi connectivity index (χ1) is 11.2. The number of carbonyl (C=O) groups excluding carboxylic acids is 1. The number of hydrogen-bond acceptors (Lipinski definition) is 4. The molecule has 7 heteroatoms. The number of aromatic carboxylic acids is 1. The van der Waals surface area contributed by atoms with Crippen LogP contribution in [-0.2, 0) is 11.3 Å². The number of nitrogens with zero attached hydrogens (tertiary/aromatic N) is 2. The summed E-state index contributed by atoms with van der Waals surface area (Å²) in [5.41, 5.74) is 1.67. The fourth-order valence-corrected chi connectivity index (χ4v) is 2.59. The minimum absolute atomic E-state index is 0.00656. The number of carboxylic acids is 1. The van der Waals surface area contributed by atoms with Crippen LogP contribution in [0.1, 0.15) is 36.8 Å². The molecule has 24 heavy (non-hydrogen) atoms. The molecule has 0 aliphatic carbocycles. The van der Waals surface area contributed by atoms with Gasteiger partial charge in [0.25, 0.3) is 0 Å². The zero-order valence-corrected chi connectivity index (χ0v) is 14.8. The van der Waals surface area contributed by atoms with E-state index in [9.17, 15) is 9.59 Å². The molecule has 0 saturated carbocycles. The molecular weight excluding hydrogens is 326 g/mol. The monoisotopic (exact) mass is 347 g/mol. The van der Waals surface area contributed by atoms with Crippen LogP contribution in [0, 0.1) is 0 Å². The van der Waals surface area contributed by atoms with Crippen LogP contribution in [0.15, 0.2) is 36.5 Å². The van der Waals surface area contributed by atoms with Crippen molar-refractivity contribution >= 4 is 23.6 Å². The number of nitrogens with one attached hydrogen (secondary N) is 1. The lowest BCUT2D eigenvalue weighted by atomic mass is 10.2. The van der Waals surface area contributed by atoms with Crippen LogP contribution in [0.4, 0.5) is 0 Å². The molecule has 1 aromatic carbocycles. The molecule has 0 aliphatic heterocycles. The second kappa shape index (κ2) is 7.53. The molecule has 2 N–H and O–H groups in total. The Balaban J connectivity index is 1.97. The van der Waals surface area contributed by atoms with Crippen molar-refractivity contribution in [2.24, 2.45) is 0 Å². The van der Waals surface area contributed by atoms with Gasteiger partial charge in [-0.3, -0.25) is 4.79 Å². The molecule has 1 amide bonds. The lowest BCUT2D eigenvalue weighted by molar-refractivity contribution is -0.118. The van der Waals surface area contributed by atoms with Gasteiger partial charge in [0.15, 0.2) is 5.69 Å². The molecule has 1 aromatic heterocycles. The molecule has 0 spiro atoms. The maximum absolute atomic E-state index is 11.9. The number of amides is 1. The average Bonchev–Trinajstić information content (AvgIpc) is 3.01. The van der Waals surface area contributed by atoms with Crippen LogP contribution in [0.5, 0.6) is 0 Å². The Morgan fingerprint density at radius 3 is 2.67 bits per heavy atom. The highest BCUT2D eigenvalue weighted by molar-refractivity contribution is 8.01. The van der Waals surface area contributed by atoms with Crippen LogP contribution in [0.3, 0.4) is 0 Å². The number of aromatic nitrogens is 2. The molecule has 0 radical (unpaired) electrons. The van der Waals surface area contributed by atoms with E-state index in [2.05, 4.69) is 31.2 Å². The number of carboxylic acid groups (broad SMARTS) is 1. The van der Waals surface area contributed by atoms with Crippen molar-refractivity contribution in [3.63, 3.8) is 0 Å². The summed E-state index contributed by atoms with van der Waals surface area (Å²) in [4.78, 5) is 22.8. The molecule has 2 aromatic rings. The second-order valence-corrected chi connectivity index (χ2v) is 8.10. The number of thioether (sulfide) groups is 1. The average molecular weight is 347 g/mol. The topological polar surface area (TPSA) is 84.2 Å². The van der Waals surface area contributed by atoms with E-state index in [1.54, 1.807) is 18.0 Å². The van der Waals surface area contributed by atoms with Crippen molar-refractivity contribution in [3.05, 3.63) is 47.8 Å². The van der Waals surface area contributed by atoms with E-state index in [-0.39, 0.29) is 16.3 Å². The first-order valence-electron chi connectivity index (χ1n) is 7.53. The van der Waals surface area contributed by atoms with Gasteiger partial charge in [0, 0.05) is 17.5 Å². The summed E-state index contributed by atoms with van der Waals surface area (Å²) in [6, 6.07) is 8.90. The predicted molar refractivity (Wildman–Crippen MR) is 94.6 cm³/mol. The molecule has 0 atom stereocenters. The van der Waals surface area contributed by atoms with Crippen LogP contribution >= 0.6 is 11.8 Å². The Morgan fingerprint density at radius 2 is 2.04 bits per heavy atom. The maximum Gasteiger partial charge on any atom is 0.356 e. The zero-order chi connectivity index (χ0) is 17.7. The summed E-state index contributed by atoms with van der Waals surface area (Å²) in [5.74, 6) is -0.647. The lowest BCUT2D eigenvalue weighted by Crippen LogP contribution is -2.26. The first kappa shape index (κ1) is 18.1. The smallest absolute Gasteiger partial charge is 0.356 e. The van der Waals surface area contributed by atoms with Gasteiger partial charge in [-0.15, -0.1) is 11.8 Å². The maximum atomic E-state index is 11.9. The number of hydrogen-bond donors (Lipinski definition) is 2. The van der Waals surface area contributed by atoms with E-state index in [0.717, 1.165) is 11.3 Å². The largest absolute Gasteiger partial charge is 0.476 e. The second-order valence-electron chi connectivity index (χ2n) is 6.30. The summed E-state index contributed by atoms with van der Waals surface area (Å²) in [6.07, 6.45) is 1.60. The number of rotatable bonds is 6. The van der Waals surface area contributed by atoms with E-state index in [0.29, 0.717) is 12.3 Å². The van der Waals surface area contributed by atoms with Gasteiger partial charge in [0.2, 0.25) is 5.91 Å². The van der Waals surface area contributed by atoms with Gasteiger partial charge in [-0.05, 0) is 23.8 Å². The molecule has 128 valence electrons. The van der Waals surface area contributed by atoms with E-state index in [1.165, 1.54) is 10.7 Å². The SMILES string of the molecule is CC(C)(C)SCC(=O)NCc1cccc(-n2ccc(C(=O)O)n2)c1. The van der Waals surface area contributed by atoms with Crippen LogP contribution in [0.25, 0.3) is 5.69 Å². The van der Waals surface area contributed by atoms with Crippen molar-refractivity contribution < 1.29 is 14.7 Å². The highest BCUT2D eigenvalue weighted by Gasteiger charge is 2.13. The Morgan fingerprint density at radius 1 is 1.29 bits per heavy atom. The quantitative estimate of drug-likeness (QED) is 0.839. The summed E-state index contributed by atoms with van der Waals surface area (Å²) in [7, 11) is 0. The summed E-state index contributed by atoms with van der Waals surface area (Å²) < 4.78 is 1.56. The third-order valence-electron chi connectivity index (χ3n) is 3.11. The van der Waals surface area contributed by atoms with Gasteiger partial charge >= 0.3 is 5.97 Å². The Bertz CT molecular complexity index is 735. The third-order valence-corrected chi connectivity index (χ3v) is 4.38. The van der Waals surface area contributed by atoms with Gasteiger partial charge in [-0.2, -0.15) is 5.10 Å². The van der Waals surface area contributed by atoms with Crippen LogP contribution < -0.4 is 5.32 Å². The molecule has 0 saturated heterocycles. The van der Waals surface area contributed by atoms with Gasteiger partial charge in [-0.25, -0.2) is 9.48 Å². The Kier molecular flexibility index (Phi) is 5.66. The molecule has 0 bridgehead atoms. The van der Waals surface area contributed by atoms with Gasteiger partial charge in [-0.1, -0.05) is 32.9 Å². The van der Waals surface area contributed by atoms with Crippen molar-refractivity contribution in [2.75, 3.05) is 5.75 Å². The zero-order valence-electron chi connectivity index (χ0n) is 13.9. The third kappa shape index (κ3) is 5.42. The molecule has 0 unspecified atom stereocenters. The Labute approximate surface area is 145 Å². The van der Waals surface area contributed by atoms with E-state index < -0.39 is 5.97 Å². The van der Waals surface area contributed by atoms with Crippen molar-refractivity contribution in [3.8, 4) is 5.69 Å². The highest BCUT2D eigenvalue weighted by atomic mass is 32.2.